The van der Waals surface area contributed by atoms with Crippen LogP contribution in [0.4, 0.5) is 0 Å². The minimum atomic E-state index is 0.824. The second kappa shape index (κ2) is 3.71. The van der Waals surface area contributed by atoms with Gasteiger partial charge in [0, 0.05) is 31.2 Å². The molecule has 4 unspecified atom stereocenters. The van der Waals surface area contributed by atoms with Crippen LogP contribution in [-0.2, 0) is 0 Å². The van der Waals surface area contributed by atoms with Gasteiger partial charge in [-0.2, -0.15) is 0 Å². The Morgan fingerprint density at radius 2 is 1.88 bits per heavy atom. The van der Waals surface area contributed by atoms with Crippen molar-refractivity contribution >= 4 is 0 Å². The number of hydrogen-bond acceptors (Lipinski definition) is 2. The summed E-state index contributed by atoms with van der Waals surface area (Å²) in [5.41, 5.74) is 0. The van der Waals surface area contributed by atoms with Crippen LogP contribution < -0.4 is 5.32 Å². The molecule has 0 spiro atoms. The highest BCUT2D eigenvalue weighted by Crippen LogP contribution is 2.44. The van der Waals surface area contributed by atoms with E-state index in [0.717, 1.165) is 30.0 Å². The van der Waals surface area contributed by atoms with Crippen molar-refractivity contribution in [2.45, 2.75) is 63.1 Å². The van der Waals surface area contributed by atoms with E-state index >= 15 is 0 Å². The van der Waals surface area contributed by atoms with E-state index in [1.54, 1.807) is 0 Å². The fraction of sp³-hybridized carbons (Fsp3) is 1.00. The predicted octanol–water partition coefficient (Wildman–Crippen LogP) is 2.00. The van der Waals surface area contributed by atoms with E-state index in [1.807, 2.05) is 0 Å². The topological polar surface area (TPSA) is 15.3 Å². The van der Waals surface area contributed by atoms with Gasteiger partial charge in [-0.15, -0.1) is 0 Å². The summed E-state index contributed by atoms with van der Waals surface area (Å²) < 4.78 is 0. The molecule has 1 aliphatic heterocycles. The summed E-state index contributed by atoms with van der Waals surface area (Å²) in [6, 6.07) is 2.69. The second-order valence-electron chi connectivity index (χ2n) is 6.66. The zero-order valence-corrected chi connectivity index (χ0v) is 10.2. The van der Waals surface area contributed by atoms with Gasteiger partial charge in [0.1, 0.15) is 0 Å². The predicted molar refractivity (Wildman–Crippen MR) is 65.4 cm³/mol. The molecule has 2 heteroatoms. The van der Waals surface area contributed by atoms with Gasteiger partial charge in [-0.3, -0.25) is 4.90 Å². The van der Waals surface area contributed by atoms with Crippen LogP contribution in [0.15, 0.2) is 0 Å². The van der Waals surface area contributed by atoms with E-state index < -0.39 is 0 Å². The number of rotatable bonds is 3. The molecule has 2 bridgehead atoms. The summed E-state index contributed by atoms with van der Waals surface area (Å²) in [7, 11) is 0. The van der Waals surface area contributed by atoms with E-state index in [2.05, 4.69) is 10.2 Å². The molecule has 16 heavy (non-hydrogen) atoms. The number of nitrogens with zero attached hydrogens (tertiary/aromatic N) is 1. The summed E-state index contributed by atoms with van der Waals surface area (Å²) in [6.45, 7) is 2.71. The number of fused-ring (bicyclic) bond motifs is 2. The van der Waals surface area contributed by atoms with Gasteiger partial charge in [-0.1, -0.05) is 6.42 Å². The third-order valence-electron chi connectivity index (χ3n) is 5.47. The minimum absolute atomic E-state index is 0.824. The lowest BCUT2D eigenvalue weighted by atomic mass is 9.94. The third-order valence-corrected chi connectivity index (χ3v) is 5.47. The van der Waals surface area contributed by atoms with E-state index in [0.29, 0.717) is 0 Å². The molecule has 0 aromatic carbocycles. The van der Waals surface area contributed by atoms with Gasteiger partial charge in [0.25, 0.3) is 0 Å². The smallest absolute Gasteiger partial charge is 0.0210 e. The molecule has 1 N–H and O–H groups in total. The largest absolute Gasteiger partial charge is 0.310 e. The molecule has 4 rings (SSSR count). The first-order valence-corrected chi connectivity index (χ1v) is 7.38. The molecule has 4 atom stereocenters. The molecule has 90 valence electrons. The van der Waals surface area contributed by atoms with E-state index in [9.17, 15) is 0 Å². The standard InChI is InChI=1S/C14H24N2/c1-2-11-7-10(1)8-14(11)15-12-5-6-16(9-12)13-3-4-13/h10-15H,1-9H2. The highest BCUT2D eigenvalue weighted by atomic mass is 15.2. The van der Waals surface area contributed by atoms with Crippen molar-refractivity contribution in [3.8, 4) is 0 Å². The summed E-state index contributed by atoms with van der Waals surface area (Å²) in [4.78, 5) is 2.73. The average Bonchev–Trinajstić information content (AvgIpc) is 2.76. The van der Waals surface area contributed by atoms with Gasteiger partial charge in [-0.05, 0) is 50.4 Å². The number of nitrogens with one attached hydrogen (secondary N) is 1. The Labute approximate surface area is 98.8 Å². The lowest BCUT2D eigenvalue weighted by Gasteiger charge is -2.26. The molecule has 3 saturated carbocycles. The molecule has 2 nitrogen and oxygen atoms in total. The van der Waals surface area contributed by atoms with Crippen LogP contribution in [0.1, 0.15) is 44.9 Å². The van der Waals surface area contributed by atoms with Crippen molar-refractivity contribution in [2.24, 2.45) is 11.8 Å². The molecule has 4 fully saturated rings. The van der Waals surface area contributed by atoms with Gasteiger partial charge >= 0.3 is 0 Å². The van der Waals surface area contributed by atoms with Gasteiger partial charge in [0.05, 0.1) is 0 Å². The lowest BCUT2D eigenvalue weighted by Crippen LogP contribution is -2.43. The molecule has 0 radical (unpaired) electrons. The van der Waals surface area contributed by atoms with Crippen LogP contribution >= 0.6 is 0 Å². The average molecular weight is 220 g/mol. The molecule has 1 saturated heterocycles. The number of hydrogen-bond donors (Lipinski definition) is 1. The van der Waals surface area contributed by atoms with Crippen LogP contribution in [-0.4, -0.2) is 36.1 Å². The fourth-order valence-corrected chi connectivity index (χ4v) is 4.45. The van der Waals surface area contributed by atoms with Crippen molar-refractivity contribution in [3.63, 3.8) is 0 Å². The molecular formula is C14H24N2. The monoisotopic (exact) mass is 220 g/mol. The van der Waals surface area contributed by atoms with Gasteiger partial charge in [0.15, 0.2) is 0 Å². The van der Waals surface area contributed by atoms with Crippen molar-refractivity contribution in [1.29, 1.82) is 0 Å². The molecular weight excluding hydrogens is 196 g/mol. The zero-order valence-electron chi connectivity index (χ0n) is 10.2. The first kappa shape index (κ1) is 9.90. The van der Waals surface area contributed by atoms with Crippen molar-refractivity contribution < 1.29 is 0 Å². The summed E-state index contributed by atoms with van der Waals surface area (Å²) in [5.74, 6) is 2.13. The summed E-state index contributed by atoms with van der Waals surface area (Å²) in [5, 5.41) is 3.98. The van der Waals surface area contributed by atoms with Crippen LogP contribution in [0.2, 0.25) is 0 Å². The molecule has 0 amide bonds. The maximum absolute atomic E-state index is 3.98. The third kappa shape index (κ3) is 1.70. The highest BCUT2D eigenvalue weighted by Gasteiger charge is 2.41. The van der Waals surface area contributed by atoms with E-state index in [1.165, 1.54) is 58.0 Å². The summed E-state index contributed by atoms with van der Waals surface area (Å²) >= 11 is 0. The maximum Gasteiger partial charge on any atom is 0.0210 e. The fourth-order valence-electron chi connectivity index (χ4n) is 4.45. The van der Waals surface area contributed by atoms with Crippen LogP contribution in [0.5, 0.6) is 0 Å². The highest BCUT2D eigenvalue weighted by molar-refractivity contribution is 4.98. The molecule has 3 aliphatic carbocycles. The Morgan fingerprint density at radius 3 is 2.56 bits per heavy atom. The van der Waals surface area contributed by atoms with Crippen molar-refractivity contribution in [1.82, 2.24) is 10.2 Å². The molecule has 1 heterocycles. The molecule has 0 aromatic rings. The van der Waals surface area contributed by atoms with Crippen LogP contribution in [0, 0.1) is 11.8 Å². The van der Waals surface area contributed by atoms with Crippen LogP contribution in [0.25, 0.3) is 0 Å². The first-order chi connectivity index (χ1) is 7.88. The normalized spacial score (nSPS) is 48.0. The SMILES string of the molecule is C1CC2CC1CC2NC1CCN(C2CC2)C1. The Morgan fingerprint density at radius 1 is 0.938 bits per heavy atom. The molecule has 0 aromatic heterocycles. The van der Waals surface area contributed by atoms with Gasteiger partial charge in [-0.25, -0.2) is 0 Å². The lowest BCUT2D eigenvalue weighted by molar-refractivity contribution is 0.289. The number of likely N-dealkylation sites (tertiary alicyclic amines) is 1. The quantitative estimate of drug-likeness (QED) is 0.782. The molecule has 4 aliphatic rings. The Balaban J connectivity index is 1.31. The van der Waals surface area contributed by atoms with Crippen molar-refractivity contribution in [2.75, 3.05) is 13.1 Å². The summed E-state index contributed by atoms with van der Waals surface area (Å²) in [6.07, 6.45) is 10.4. The maximum atomic E-state index is 3.98. The second-order valence-corrected chi connectivity index (χ2v) is 6.66. The van der Waals surface area contributed by atoms with Gasteiger partial charge < -0.3 is 5.32 Å². The minimum Gasteiger partial charge on any atom is -0.310 e. The van der Waals surface area contributed by atoms with E-state index in [-0.39, 0.29) is 0 Å². The Bertz CT molecular complexity index is 274. The Kier molecular flexibility index (Phi) is 2.29. The Hall–Kier alpha value is -0.0800. The first-order valence-electron chi connectivity index (χ1n) is 7.38. The van der Waals surface area contributed by atoms with E-state index in [4.69, 9.17) is 0 Å². The van der Waals surface area contributed by atoms with Crippen molar-refractivity contribution in [3.05, 3.63) is 0 Å². The van der Waals surface area contributed by atoms with Crippen LogP contribution in [0.3, 0.4) is 0 Å². The van der Waals surface area contributed by atoms with Gasteiger partial charge in [0.2, 0.25) is 0 Å². The zero-order chi connectivity index (χ0) is 10.5.